The molecular weight excluding hydrogens is 326 g/mol. The Labute approximate surface area is 153 Å². The van der Waals surface area contributed by atoms with Crippen LogP contribution in [0.25, 0.3) is 10.8 Å². The summed E-state index contributed by atoms with van der Waals surface area (Å²) in [5, 5.41) is 8.21. The number of amides is 1. The second-order valence-electron chi connectivity index (χ2n) is 6.26. The smallest absolute Gasteiger partial charge is 0.254 e. The third-order valence-electron chi connectivity index (χ3n) is 4.07. The Kier molecular flexibility index (Phi) is 5.37. The molecular formula is C21H23N3O2. The van der Waals surface area contributed by atoms with Gasteiger partial charge >= 0.3 is 0 Å². The molecule has 0 atom stereocenters. The minimum atomic E-state index is -0.169. The van der Waals surface area contributed by atoms with Crippen LogP contribution in [0.2, 0.25) is 0 Å². The fourth-order valence-electron chi connectivity index (χ4n) is 2.90. The first-order valence-corrected chi connectivity index (χ1v) is 8.68. The number of carbonyl (C=O) groups is 1. The van der Waals surface area contributed by atoms with Crippen molar-refractivity contribution in [1.82, 2.24) is 10.3 Å². The summed E-state index contributed by atoms with van der Waals surface area (Å²) in [6.07, 6.45) is 1.75. The topological polar surface area (TPSA) is 63.2 Å². The minimum Gasteiger partial charge on any atom is -0.491 e. The Balaban J connectivity index is 1.97. The number of anilines is 1. The normalized spacial score (nSPS) is 10.8. The first kappa shape index (κ1) is 17.7. The van der Waals surface area contributed by atoms with Crippen molar-refractivity contribution in [2.75, 3.05) is 12.4 Å². The molecule has 1 heterocycles. The van der Waals surface area contributed by atoms with Gasteiger partial charge in [0.1, 0.15) is 11.6 Å². The van der Waals surface area contributed by atoms with Crippen LogP contribution in [0.15, 0.2) is 54.7 Å². The van der Waals surface area contributed by atoms with E-state index >= 15 is 0 Å². The number of ether oxygens (including phenoxy) is 1. The minimum absolute atomic E-state index is 0.0752. The summed E-state index contributed by atoms with van der Waals surface area (Å²) in [6, 6.07) is 15.8. The van der Waals surface area contributed by atoms with Crippen molar-refractivity contribution in [2.24, 2.45) is 0 Å². The summed E-state index contributed by atoms with van der Waals surface area (Å²) < 4.78 is 6.00. The number of fused-ring (bicyclic) bond motifs is 1. The standard InChI is InChI=1S/C21H23N3O2/c1-14(2)26-19-11-10-15-7-4-5-8-16(15)18(19)13-24-20-17(21(25)22-3)9-6-12-23-20/h4-12,14H,13H2,1-3H3,(H,22,25)(H,23,24). The molecule has 0 radical (unpaired) electrons. The van der Waals surface area contributed by atoms with E-state index in [0.717, 1.165) is 22.1 Å². The summed E-state index contributed by atoms with van der Waals surface area (Å²) in [5.74, 6) is 1.22. The molecule has 0 fully saturated rings. The number of nitrogens with one attached hydrogen (secondary N) is 2. The van der Waals surface area contributed by atoms with Crippen molar-refractivity contribution >= 4 is 22.5 Å². The molecule has 0 bridgehead atoms. The molecule has 0 aliphatic carbocycles. The van der Waals surface area contributed by atoms with E-state index in [1.165, 1.54) is 0 Å². The van der Waals surface area contributed by atoms with E-state index in [-0.39, 0.29) is 12.0 Å². The Bertz CT molecular complexity index is 922. The monoisotopic (exact) mass is 349 g/mol. The molecule has 0 spiro atoms. The fourth-order valence-corrected chi connectivity index (χ4v) is 2.90. The van der Waals surface area contributed by atoms with Crippen molar-refractivity contribution in [3.8, 4) is 5.75 Å². The number of benzene rings is 2. The van der Waals surface area contributed by atoms with Crippen LogP contribution >= 0.6 is 0 Å². The maximum Gasteiger partial charge on any atom is 0.254 e. The molecule has 3 aromatic rings. The number of nitrogens with zero attached hydrogens (tertiary/aromatic N) is 1. The second kappa shape index (κ2) is 7.87. The molecule has 5 nitrogen and oxygen atoms in total. The average molecular weight is 349 g/mol. The fraction of sp³-hybridized carbons (Fsp3) is 0.238. The second-order valence-corrected chi connectivity index (χ2v) is 6.26. The van der Waals surface area contributed by atoms with Crippen molar-refractivity contribution in [1.29, 1.82) is 0 Å². The van der Waals surface area contributed by atoms with Crippen LogP contribution in [0.3, 0.4) is 0 Å². The SMILES string of the molecule is CNC(=O)c1cccnc1NCc1c(OC(C)C)ccc2ccccc12. The molecule has 2 N–H and O–H groups in total. The molecule has 1 aromatic heterocycles. The summed E-state index contributed by atoms with van der Waals surface area (Å²) in [6.45, 7) is 4.52. The quantitative estimate of drug-likeness (QED) is 0.706. The van der Waals surface area contributed by atoms with Gasteiger partial charge in [0.05, 0.1) is 11.7 Å². The average Bonchev–Trinajstić information content (AvgIpc) is 2.66. The van der Waals surface area contributed by atoms with Crippen LogP contribution in [0.1, 0.15) is 29.8 Å². The third-order valence-corrected chi connectivity index (χ3v) is 4.07. The van der Waals surface area contributed by atoms with E-state index in [1.54, 1.807) is 25.4 Å². The zero-order chi connectivity index (χ0) is 18.5. The van der Waals surface area contributed by atoms with E-state index in [1.807, 2.05) is 32.0 Å². The molecule has 5 heteroatoms. The van der Waals surface area contributed by atoms with E-state index < -0.39 is 0 Å². The third kappa shape index (κ3) is 3.77. The van der Waals surface area contributed by atoms with Gasteiger partial charge in [0, 0.05) is 25.4 Å². The first-order valence-electron chi connectivity index (χ1n) is 8.68. The van der Waals surface area contributed by atoms with Gasteiger partial charge in [0.25, 0.3) is 5.91 Å². The van der Waals surface area contributed by atoms with Gasteiger partial charge in [-0.05, 0) is 42.8 Å². The van der Waals surface area contributed by atoms with E-state index in [9.17, 15) is 4.79 Å². The molecule has 3 rings (SSSR count). The van der Waals surface area contributed by atoms with Crippen LogP contribution < -0.4 is 15.4 Å². The molecule has 134 valence electrons. The Morgan fingerprint density at radius 3 is 2.69 bits per heavy atom. The van der Waals surface area contributed by atoms with Crippen LogP contribution in [0.4, 0.5) is 5.82 Å². The highest BCUT2D eigenvalue weighted by molar-refractivity contribution is 5.98. The van der Waals surface area contributed by atoms with Gasteiger partial charge in [0.2, 0.25) is 0 Å². The molecule has 0 saturated carbocycles. The number of hydrogen-bond donors (Lipinski definition) is 2. The summed E-state index contributed by atoms with van der Waals surface area (Å²) in [7, 11) is 1.61. The van der Waals surface area contributed by atoms with Gasteiger partial charge in [-0.25, -0.2) is 4.98 Å². The van der Waals surface area contributed by atoms with E-state index in [4.69, 9.17) is 4.74 Å². The van der Waals surface area contributed by atoms with Gasteiger partial charge in [0.15, 0.2) is 0 Å². The molecule has 2 aromatic carbocycles. The highest BCUT2D eigenvalue weighted by atomic mass is 16.5. The van der Waals surface area contributed by atoms with Crippen LogP contribution in [-0.4, -0.2) is 24.0 Å². The van der Waals surface area contributed by atoms with Gasteiger partial charge in [-0.3, -0.25) is 4.79 Å². The van der Waals surface area contributed by atoms with E-state index in [0.29, 0.717) is 17.9 Å². The van der Waals surface area contributed by atoms with Crippen LogP contribution in [-0.2, 0) is 6.54 Å². The van der Waals surface area contributed by atoms with Crippen LogP contribution in [0, 0.1) is 0 Å². The number of hydrogen-bond acceptors (Lipinski definition) is 4. The lowest BCUT2D eigenvalue weighted by Gasteiger charge is -2.18. The lowest BCUT2D eigenvalue weighted by molar-refractivity contribution is 0.0963. The van der Waals surface area contributed by atoms with Gasteiger partial charge in [-0.1, -0.05) is 30.3 Å². The zero-order valence-corrected chi connectivity index (χ0v) is 15.2. The molecule has 0 aliphatic heterocycles. The van der Waals surface area contributed by atoms with Gasteiger partial charge < -0.3 is 15.4 Å². The number of aromatic nitrogens is 1. The largest absolute Gasteiger partial charge is 0.491 e. The molecule has 0 aliphatic rings. The number of rotatable bonds is 6. The van der Waals surface area contributed by atoms with Crippen LogP contribution in [0.5, 0.6) is 5.75 Å². The number of carbonyl (C=O) groups excluding carboxylic acids is 1. The molecule has 1 amide bonds. The summed E-state index contributed by atoms with van der Waals surface area (Å²) in [5.41, 5.74) is 1.56. The highest BCUT2D eigenvalue weighted by Gasteiger charge is 2.14. The highest BCUT2D eigenvalue weighted by Crippen LogP contribution is 2.30. The predicted octanol–water partition coefficient (Wildman–Crippen LogP) is 3.99. The lowest BCUT2D eigenvalue weighted by atomic mass is 10.0. The lowest BCUT2D eigenvalue weighted by Crippen LogP contribution is -2.20. The first-order chi connectivity index (χ1) is 12.6. The van der Waals surface area contributed by atoms with Crippen molar-refractivity contribution in [2.45, 2.75) is 26.5 Å². The Morgan fingerprint density at radius 1 is 1.12 bits per heavy atom. The maximum absolute atomic E-state index is 12.1. The van der Waals surface area contributed by atoms with Gasteiger partial charge in [-0.2, -0.15) is 0 Å². The zero-order valence-electron chi connectivity index (χ0n) is 15.2. The van der Waals surface area contributed by atoms with E-state index in [2.05, 4.69) is 33.8 Å². The number of pyridine rings is 1. The van der Waals surface area contributed by atoms with Gasteiger partial charge in [-0.15, -0.1) is 0 Å². The Morgan fingerprint density at radius 2 is 1.92 bits per heavy atom. The van der Waals surface area contributed by atoms with Crippen molar-refractivity contribution in [3.05, 3.63) is 65.9 Å². The predicted molar refractivity (Wildman–Crippen MR) is 105 cm³/mol. The summed E-state index contributed by atoms with van der Waals surface area (Å²) in [4.78, 5) is 16.4. The van der Waals surface area contributed by atoms with Crippen molar-refractivity contribution < 1.29 is 9.53 Å². The van der Waals surface area contributed by atoms with Crippen molar-refractivity contribution in [3.63, 3.8) is 0 Å². The Hall–Kier alpha value is -3.08. The molecule has 26 heavy (non-hydrogen) atoms. The molecule has 0 saturated heterocycles. The molecule has 0 unspecified atom stereocenters. The summed E-state index contributed by atoms with van der Waals surface area (Å²) >= 11 is 0. The maximum atomic E-state index is 12.1.